The zero-order chi connectivity index (χ0) is 14.0. The topological polar surface area (TPSA) is 98.2 Å². The van der Waals surface area contributed by atoms with Gasteiger partial charge in [0.05, 0.1) is 11.6 Å². The van der Waals surface area contributed by atoms with Crippen molar-refractivity contribution in [1.82, 2.24) is 9.71 Å². The molecule has 0 fully saturated rings. The van der Waals surface area contributed by atoms with E-state index in [1.807, 2.05) is 0 Å². The standard InChI is InChI=1S/C11H12ClN3O3S/c1-7-2-3-8(18-7)5-15-19(16,17)9-4-10(12)11(13)14-6-9/h2-4,6,15H,5H2,1H3,(H2,13,14). The molecule has 19 heavy (non-hydrogen) atoms. The number of nitrogens with one attached hydrogen (secondary N) is 1. The maximum absolute atomic E-state index is 12.0. The Balaban J connectivity index is 2.16. The molecule has 3 N–H and O–H groups in total. The first-order chi connectivity index (χ1) is 8.88. The molecule has 2 aromatic heterocycles. The Labute approximate surface area is 115 Å². The van der Waals surface area contributed by atoms with E-state index >= 15 is 0 Å². The van der Waals surface area contributed by atoms with E-state index in [4.69, 9.17) is 21.8 Å². The molecule has 0 unspecified atom stereocenters. The van der Waals surface area contributed by atoms with E-state index in [0.717, 1.165) is 6.20 Å². The van der Waals surface area contributed by atoms with Gasteiger partial charge in [0, 0.05) is 6.20 Å². The fraction of sp³-hybridized carbons (Fsp3) is 0.182. The van der Waals surface area contributed by atoms with Crippen molar-refractivity contribution in [2.75, 3.05) is 5.73 Å². The number of rotatable bonds is 4. The molecule has 0 aliphatic rings. The number of sulfonamides is 1. The maximum Gasteiger partial charge on any atom is 0.242 e. The molecule has 0 aliphatic heterocycles. The fourth-order valence-corrected chi connectivity index (χ4v) is 2.60. The van der Waals surface area contributed by atoms with E-state index in [9.17, 15) is 8.42 Å². The van der Waals surface area contributed by atoms with Crippen LogP contribution in [0.3, 0.4) is 0 Å². The van der Waals surface area contributed by atoms with Crippen molar-refractivity contribution in [2.24, 2.45) is 0 Å². The summed E-state index contributed by atoms with van der Waals surface area (Å²) in [5, 5.41) is 0.0942. The highest BCUT2D eigenvalue weighted by molar-refractivity contribution is 7.89. The van der Waals surface area contributed by atoms with Crippen LogP contribution in [0.25, 0.3) is 0 Å². The summed E-state index contributed by atoms with van der Waals surface area (Å²) in [7, 11) is -3.70. The third kappa shape index (κ3) is 3.25. The summed E-state index contributed by atoms with van der Waals surface area (Å²) in [5.74, 6) is 1.32. The highest BCUT2D eigenvalue weighted by Gasteiger charge is 2.16. The molecule has 0 saturated carbocycles. The number of hydrogen-bond donors (Lipinski definition) is 2. The molecule has 2 heterocycles. The number of aryl methyl sites for hydroxylation is 1. The van der Waals surface area contributed by atoms with E-state index in [-0.39, 0.29) is 22.3 Å². The zero-order valence-corrected chi connectivity index (χ0v) is 11.6. The van der Waals surface area contributed by atoms with Gasteiger partial charge in [0.15, 0.2) is 0 Å². The van der Waals surface area contributed by atoms with Crippen molar-refractivity contribution < 1.29 is 12.8 Å². The normalized spacial score (nSPS) is 11.7. The second-order valence-electron chi connectivity index (χ2n) is 3.87. The van der Waals surface area contributed by atoms with Crippen molar-refractivity contribution in [3.05, 3.63) is 40.9 Å². The number of nitrogen functional groups attached to an aromatic ring is 1. The van der Waals surface area contributed by atoms with Crippen molar-refractivity contribution in [2.45, 2.75) is 18.4 Å². The quantitative estimate of drug-likeness (QED) is 0.895. The van der Waals surface area contributed by atoms with Crippen molar-refractivity contribution in [3.8, 4) is 0 Å². The van der Waals surface area contributed by atoms with Crippen LogP contribution in [0.5, 0.6) is 0 Å². The minimum Gasteiger partial charge on any atom is -0.465 e. The lowest BCUT2D eigenvalue weighted by Gasteiger charge is -2.06. The number of nitrogens with two attached hydrogens (primary N) is 1. The van der Waals surface area contributed by atoms with Gasteiger partial charge in [0.1, 0.15) is 22.2 Å². The van der Waals surface area contributed by atoms with Crippen LogP contribution in [0, 0.1) is 6.92 Å². The van der Waals surface area contributed by atoms with Gasteiger partial charge in [-0.3, -0.25) is 0 Å². The number of aromatic nitrogens is 1. The Kier molecular flexibility index (Phi) is 3.79. The summed E-state index contributed by atoms with van der Waals surface area (Å²) in [6.07, 6.45) is 1.15. The van der Waals surface area contributed by atoms with Crippen LogP contribution in [0.15, 0.2) is 33.7 Å². The van der Waals surface area contributed by atoms with E-state index < -0.39 is 10.0 Å². The van der Waals surface area contributed by atoms with Crippen LogP contribution in [-0.4, -0.2) is 13.4 Å². The monoisotopic (exact) mass is 301 g/mol. The molecule has 102 valence electrons. The van der Waals surface area contributed by atoms with E-state index in [1.54, 1.807) is 19.1 Å². The summed E-state index contributed by atoms with van der Waals surface area (Å²) in [6.45, 7) is 1.83. The Hall–Kier alpha value is -1.57. The van der Waals surface area contributed by atoms with Gasteiger partial charge in [-0.2, -0.15) is 0 Å². The molecule has 0 saturated heterocycles. The first kappa shape index (κ1) is 13.9. The van der Waals surface area contributed by atoms with Gasteiger partial charge in [-0.15, -0.1) is 0 Å². The smallest absolute Gasteiger partial charge is 0.242 e. The molecule has 0 aromatic carbocycles. The van der Waals surface area contributed by atoms with Gasteiger partial charge in [-0.1, -0.05) is 11.6 Å². The number of pyridine rings is 1. The van der Waals surface area contributed by atoms with Gasteiger partial charge in [-0.25, -0.2) is 18.1 Å². The molecule has 8 heteroatoms. The lowest BCUT2D eigenvalue weighted by Crippen LogP contribution is -2.23. The summed E-state index contributed by atoms with van der Waals surface area (Å²) in [6, 6.07) is 4.71. The number of hydrogen-bond acceptors (Lipinski definition) is 5. The highest BCUT2D eigenvalue weighted by Crippen LogP contribution is 2.19. The van der Waals surface area contributed by atoms with Gasteiger partial charge in [0.2, 0.25) is 10.0 Å². The Morgan fingerprint density at radius 1 is 1.47 bits per heavy atom. The Bertz CT molecular complexity index is 697. The molecular weight excluding hydrogens is 290 g/mol. The van der Waals surface area contributed by atoms with E-state index in [0.29, 0.717) is 11.5 Å². The van der Waals surface area contributed by atoms with Crippen LogP contribution >= 0.6 is 11.6 Å². The molecule has 6 nitrogen and oxygen atoms in total. The molecule has 0 amide bonds. The van der Waals surface area contributed by atoms with Crippen molar-refractivity contribution in [1.29, 1.82) is 0 Å². The van der Waals surface area contributed by atoms with Crippen LogP contribution < -0.4 is 10.5 Å². The highest BCUT2D eigenvalue weighted by atomic mass is 35.5. The van der Waals surface area contributed by atoms with Crippen LogP contribution in [0.2, 0.25) is 5.02 Å². The third-order valence-corrected chi connectivity index (χ3v) is 4.06. The van der Waals surface area contributed by atoms with Gasteiger partial charge in [-0.05, 0) is 25.1 Å². The van der Waals surface area contributed by atoms with Gasteiger partial charge in [0.25, 0.3) is 0 Å². The maximum atomic E-state index is 12.0. The summed E-state index contributed by atoms with van der Waals surface area (Å²) >= 11 is 5.74. The largest absolute Gasteiger partial charge is 0.465 e. The molecule has 0 bridgehead atoms. The molecule has 0 radical (unpaired) electrons. The molecule has 2 rings (SSSR count). The average Bonchev–Trinajstić information content (AvgIpc) is 2.76. The van der Waals surface area contributed by atoms with E-state index in [1.165, 1.54) is 6.07 Å². The minimum absolute atomic E-state index is 0.0463. The third-order valence-electron chi connectivity index (χ3n) is 2.39. The average molecular weight is 302 g/mol. The first-order valence-corrected chi connectivity index (χ1v) is 7.20. The Morgan fingerprint density at radius 3 is 2.79 bits per heavy atom. The van der Waals surface area contributed by atoms with E-state index in [2.05, 4.69) is 9.71 Å². The van der Waals surface area contributed by atoms with Crippen molar-refractivity contribution >= 4 is 27.4 Å². The molecule has 0 atom stereocenters. The zero-order valence-electron chi connectivity index (χ0n) is 10.1. The Morgan fingerprint density at radius 2 is 2.21 bits per heavy atom. The summed E-state index contributed by atoms with van der Waals surface area (Å²) in [4.78, 5) is 3.66. The second kappa shape index (κ2) is 5.20. The number of nitrogens with zero attached hydrogens (tertiary/aromatic N) is 1. The SMILES string of the molecule is Cc1ccc(CNS(=O)(=O)c2cnc(N)c(Cl)c2)o1. The minimum atomic E-state index is -3.70. The van der Waals surface area contributed by atoms with Gasteiger partial charge < -0.3 is 10.2 Å². The van der Waals surface area contributed by atoms with Crippen LogP contribution in [0.4, 0.5) is 5.82 Å². The molecule has 0 aliphatic carbocycles. The fourth-order valence-electron chi connectivity index (χ4n) is 1.41. The number of anilines is 1. The van der Waals surface area contributed by atoms with Crippen molar-refractivity contribution in [3.63, 3.8) is 0 Å². The number of furan rings is 1. The molecule has 2 aromatic rings. The first-order valence-electron chi connectivity index (χ1n) is 5.34. The lowest BCUT2D eigenvalue weighted by atomic mass is 10.4. The summed E-state index contributed by atoms with van der Waals surface area (Å²) < 4.78 is 31.6. The van der Waals surface area contributed by atoms with Crippen LogP contribution in [-0.2, 0) is 16.6 Å². The summed E-state index contributed by atoms with van der Waals surface area (Å²) in [5.41, 5.74) is 5.43. The number of halogens is 1. The second-order valence-corrected chi connectivity index (χ2v) is 6.05. The van der Waals surface area contributed by atoms with Gasteiger partial charge >= 0.3 is 0 Å². The van der Waals surface area contributed by atoms with Crippen LogP contribution in [0.1, 0.15) is 11.5 Å². The lowest BCUT2D eigenvalue weighted by molar-refractivity contribution is 0.475. The molecular formula is C11H12ClN3O3S. The molecule has 0 spiro atoms. The predicted octanol–water partition coefficient (Wildman–Crippen LogP) is 1.70. The predicted molar refractivity (Wildman–Crippen MR) is 71.1 cm³/mol.